The van der Waals surface area contributed by atoms with Crippen molar-refractivity contribution in [2.24, 2.45) is 0 Å². The molecule has 0 aromatic heterocycles. The Hall–Kier alpha value is -4.44. The van der Waals surface area contributed by atoms with E-state index in [2.05, 4.69) is 41.4 Å². The number of carbonyl (C=O) groups is 2. The molecule has 6 rings (SSSR count). The molecule has 4 aromatic rings. The third-order valence-electron chi connectivity index (χ3n) is 7.59. The lowest BCUT2D eigenvalue weighted by atomic mass is 9.95. The first-order valence-corrected chi connectivity index (χ1v) is 15.3. The van der Waals surface area contributed by atoms with Crippen LogP contribution < -0.4 is 8.92 Å². The lowest BCUT2D eigenvalue weighted by Gasteiger charge is -2.12. The molecule has 0 unspecified atom stereocenters. The number of benzene rings is 4. The van der Waals surface area contributed by atoms with Gasteiger partial charge in [-0.3, -0.25) is 9.59 Å². The van der Waals surface area contributed by atoms with Gasteiger partial charge in [-0.25, -0.2) is 0 Å². The zero-order chi connectivity index (χ0) is 31.6. The minimum Gasteiger partial charge on any atom is -0.489 e. The third-order valence-corrected chi connectivity index (χ3v) is 8.56. The van der Waals surface area contributed by atoms with Crippen molar-refractivity contribution in [1.29, 1.82) is 0 Å². The molecule has 0 amide bonds. The molecule has 0 atom stereocenters. The Balaban J connectivity index is 0.000000182. The highest BCUT2D eigenvalue weighted by Gasteiger charge is 2.48. The predicted molar refractivity (Wildman–Crippen MR) is 159 cm³/mol. The van der Waals surface area contributed by atoms with E-state index in [1.807, 2.05) is 36.4 Å². The maximum atomic E-state index is 12.2. The molecule has 0 fully saturated rings. The van der Waals surface area contributed by atoms with Crippen LogP contribution in [0.3, 0.4) is 0 Å². The van der Waals surface area contributed by atoms with Crippen LogP contribution in [-0.4, -0.2) is 25.5 Å². The van der Waals surface area contributed by atoms with E-state index in [4.69, 9.17) is 4.74 Å². The number of Topliss-reactive ketones (excluding diaryl/α,β-unsaturated/α-hetero) is 2. The predicted octanol–water partition coefficient (Wildman–Crippen LogP) is 7.72. The molecule has 0 bridgehead atoms. The van der Waals surface area contributed by atoms with Gasteiger partial charge >= 0.3 is 15.6 Å². The van der Waals surface area contributed by atoms with E-state index in [0.717, 1.165) is 34.4 Å². The summed E-state index contributed by atoms with van der Waals surface area (Å²) in [5.74, 6) is 0.630. The van der Waals surface area contributed by atoms with Gasteiger partial charge in [0.05, 0.1) is 0 Å². The number of rotatable bonds is 6. The van der Waals surface area contributed by atoms with Crippen LogP contribution in [0.4, 0.5) is 13.2 Å². The lowest BCUT2D eigenvalue weighted by molar-refractivity contribution is -0.0500. The monoisotopic (exact) mass is 622 g/mol. The van der Waals surface area contributed by atoms with Crippen molar-refractivity contribution in [3.05, 3.63) is 118 Å². The molecule has 0 aliphatic heterocycles. The van der Waals surface area contributed by atoms with Crippen LogP contribution in [0.5, 0.6) is 11.5 Å². The van der Waals surface area contributed by atoms with Gasteiger partial charge in [-0.15, -0.1) is 0 Å². The molecule has 0 heterocycles. The molecule has 44 heavy (non-hydrogen) atoms. The number of alkyl halides is 3. The first-order valence-electron chi connectivity index (χ1n) is 13.9. The number of hydrogen-bond donors (Lipinski definition) is 0. The maximum absolute atomic E-state index is 12.2. The molecule has 2 aliphatic rings. The van der Waals surface area contributed by atoms with E-state index >= 15 is 0 Å². The van der Waals surface area contributed by atoms with Gasteiger partial charge in [-0.1, -0.05) is 48.5 Å². The summed E-state index contributed by atoms with van der Waals surface area (Å²) in [5, 5.41) is 0. The number of carbonyl (C=O) groups excluding carboxylic acids is 2. The van der Waals surface area contributed by atoms with Gasteiger partial charge in [0.15, 0.2) is 11.6 Å². The molecule has 0 saturated heterocycles. The normalized spacial score (nSPS) is 14.0. The molecule has 0 radical (unpaired) electrons. The number of ether oxygens (including phenoxy) is 1. The number of aryl methyl sites for hydroxylation is 4. The average molecular weight is 623 g/mol. The van der Waals surface area contributed by atoms with Crippen molar-refractivity contribution in [3.8, 4) is 22.6 Å². The van der Waals surface area contributed by atoms with Crippen molar-refractivity contribution in [2.45, 2.75) is 51.6 Å². The minimum absolute atomic E-state index is 0.108. The fourth-order valence-corrected chi connectivity index (χ4v) is 5.73. The van der Waals surface area contributed by atoms with E-state index in [0.29, 0.717) is 30.6 Å². The summed E-state index contributed by atoms with van der Waals surface area (Å²) in [7, 11) is -5.69. The van der Waals surface area contributed by atoms with E-state index in [1.165, 1.54) is 30.2 Å². The quantitative estimate of drug-likeness (QED) is 0.162. The zero-order valence-corrected chi connectivity index (χ0v) is 24.8. The zero-order valence-electron chi connectivity index (χ0n) is 24.0. The van der Waals surface area contributed by atoms with Crippen LogP contribution in [0.25, 0.3) is 11.1 Å². The second kappa shape index (κ2) is 12.3. The second-order valence-corrected chi connectivity index (χ2v) is 12.3. The van der Waals surface area contributed by atoms with Crippen LogP contribution in [-0.2, 0) is 29.6 Å². The molecule has 2 aliphatic carbocycles. The first-order chi connectivity index (χ1) is 20.8. The number of hydrogen-bond acceptors (Lipinski definition) is 6. The Morgan fingerprint density at radius 3 is 1.86 bits per heavy atom. The van der Waals surface area contributed by atoms with E-state index in [-0.39, 0.29) is 23.6 Å². The highest BCUT2D eigenvalue weighted by Crippen LogP contribution is 2.34. The molecule has 0 spiro atoms. The van der Waals surface area contributed by atoms with Gasteiger partial charge in [-0.2, -0.15) is 21.6 Å². The smallest absolute Gasteiger partial charge is 0.489 e. The number of ketones is 2. The Kier molecular flexibility index (Phi) is 8.65. The SMILES string of the molecule is Cc1cc2c(cc1-c1ccc(OCc3ccccc3)cc1)CCC2=O.Cc1cc2c(cc1OS(=O)(=O)C(F)(F)F)CCC2=O. The van der Waals surface area contributed by atoms with Crippen molar-refractivity contribution in [1.82, 2.24) is 0 Å². The Morgan fingerprint density at radius 2 is 1.27 bits per heavy atom. The fourth-order valence-electron chi connectivity index (χ4n) is 5.22. The maximum Gasteiger partial charge on any atom is 0.534 e. The van der Waals surface area contributed by atoms with Crippen LogP contribution >= 0.6 is 0 Å². The minimum atomic E-state index is -5.69. The summed E-state index contributed by atoms with van der Waals surface area (Å²) in [6.45, 7) is 4.02. The molecule has 0 saturated carbocycles. The van der Waals surface area contributed by atoms with Crippen LogP contribution in [0.1, 0.15) is 61.4 Å². The van der Waals surface area contributed by atoms with E-state index in [9.17, 15) is 31.2 Å². The van der Waals surface area contributed by atoms with Crippen molar-refractivity contribution < 1.29 is 40.1 Å². The van der Waals surface area contributed by atoms with Gasteiger partial charge < -0.3 is 8.92 Å². The highest BCUT2D eigenvalue weighted by atomic mass is 32.2. The Morgan fingerprint density at radius 1 is 0.705 bits per heavy atom. The molecule has 0 N–H and O–H groups in total. The summed E-state index contributed by atoms with van der Waals surface area (Å²) in [6, 6.07) is 25.1. The van der Waals surface area contributed by atoms with Crippen molar-refractivity contribution in [2.75, 3.05) is 0 Å². The summed E-state index contributed by atoms with van der Waals surface area (Å²) in [4.78, 5) is 23.3. The van der Waals surface area contributed by atoms with E-state index in [1.54, 1.807) is 0 Å². The molecule has 228 valence electrons. The van der Waals surface area contributed by atoms with Crippen LogP contribution in [0.15, 0.2) is 78.9 Å². The van der Waals surface area contributed by atoms with Crippen LogP contribution in [0.2, 0.25) is 0 Å². The van der Waals surface area contributed by atoms with Gasteiger partial charge in [0, 0.05) is 24.0 Å². The highest BCUT2D eigenvalue weighted by molar-refractivity contribution is 7.88. The van der Waals surface area contributed by atoms with Crippen molar-refractivity contribution >= 4 is 21.7 Å². The summed E-state index contributed by atoms with van der Waals surface area (Å²) >= 11 is 0. The average Bonchev–Trinajstić information content (AvgIpc) is 3.53. The number of fused-ring (bicyclic) bond motifs is 2. The summed E-state index contributed by atoms with van der Waals surface area (Å²) in [6.07, 6.45) is 2.14. The first kappa shape index (κ1) is 31.0. The summed E-state index contributed by atoms with van der Waals surface area (Å²) in [5.41, 5.74) is 2.35. The largest absolute Gasteiger partial charge is 0.534 e. The Labute approximate surface area is 253 Å². The molecular weight excluding hydrogens is 593 g/mol. The molecule has 10 heteroatoms. The standard InChI is InChI=1S/C23H20O2.C11H9F3O4S/c1-16-13-22-19(9-12-23(22)24)14-21(16)18-7-10-20(11-8-18)25-15-17-5-3-2-4-6-17;1-6-4-8-7(2-3-9(8)15)5-10(6)18-19(16,17)11(12,13)14/h2-8,10-11,13-14H,9,12,15H2,1H3;4-5H,2-3H2,1H3. The lowest BCUT2D eigenvalue weighted by Crippen LogP contribution is -2.28. The molecule has 6 nitrogen and oxygen atoms in total. The third kappa shape index (κ3) is 6.70. The Bertz CT molecular complexity index is 1830. The fraction of sp³-hybridized carbons (Fsp3) is 0.235. The topological polar surface area (TPSA) is 86.7 Å². The van der Waals surface area contributed by atoms with Crippen molar-refractivity contribution in [3.63, 3.8) is 0 Å². The van der Waals surface area contributed by atoms with Gasteiger partial charge in [-0.05, 0) is 96.0 Å². The van der Waals surface area contributed by atoms with E-state index < -0.39 is 21.4 Å². The molecular formula is C34H29F3O6S. The van der Waals surface area contributed by atoms with Gasteiger partial charge in [0.2, 0.25) is 0 Å². The van der Waals surface area contributed by atoms with Gasteiger partial charge in [0.25, 0.3) is 0 Å². The second-order valence-electron chi connectivity index (χ2n) is 10.7. The number of halogens is 3. The summed E-state index contributed by atoms with van der Waals surface area (Å²) < 4.78 is 68.5. The van der Waals surface area contributed by atoms with Crippen LogP contribution in [0, 0.1) is 13.8 Å². The molecule has 4 aromatic carbocycles. The van der Waals surface area contributed by atoms with Gasteiger partial charge in [0.1, 0.15) is 18.1 Å².